The van der Waals surface area contributed by atoms with Gasteiger partial charge in [-0.3, -0.25) is 4.79 Å². The number of hydrogen-bond acceptors (Lipinski definition) is 3. The van der Waals surface area contributed by atoms with Gasteiger partial charge in [-0.15, -0.1) is 0 Å². The molecule has 1 unspecified atom stereocenters. The van der Waals surface area contributed by atoms with Gasteiger partial charge in [0.1, 0.15) is 0 Å². The number of nitrogens with one attached hydrogen (secondary N) is 2. The highest BCUT2D eigenvalue weighted by Crippen LogP contribution is 2.27. The van der Waals surface area contributed by atoms with E-state index in [0.29, 0.717) is 6.54 Å². The maximum absolute atomic E-state index is 12.0. The molecule has 0 bridgehead atoms. The van der Waals surface area contributed by atoms with Crippen molar-refractivity contribution >= 4 is 5.91 Å². The van der Waals surface area contributed by atoms with Crippen LogP contribution in [0, 0.1) is 5.92 Å². The molecule has 0 spiro atoms. The zero-order valence-corrected chi connectivity index (χ0v) is 12.8. The Kier molecular flexibility index (Phi) is 4.53. The molecule has 0 radical (unpaired) electrons. The monoisotopic (exact) mass is 298 g/mol. The predicted octanol–water partition coefficient (Wildman–Crippen LogP) is 2.05. The summed E-state index contributed by atoms with van der Waals surface area (Å²) in [5, 5.41) is 10.5. The average molecular weight is 298 g/mol. The lowest BCUT2D eigenvalue weighted by molar-refractivity contribution is -0.120. The molecule has 1 aliphatic carbocycles. The molecule has 2 N–H and O–H groups in total. The number of hydrogen-bond donors (Lipinski definition) is 2. The molecule has 1 saturated carbocycles. The summed E-state index contributed by atoms with van der Waals surface area (Å²) in [4.78, 5) is 12.0. The molecule has 5 nitrogen and oxygen atoms in total. The van der Waals surface area contributed by atoms with Crippen molar-refractivity contribution in [1.82, 2.24) is 20.4 Å². The van der Waals surface area contributed by atoms with Crippen LogP contribution in [0.2, 0.25) is 0 Å². The molecule has 1 atom stereocenters. The van der Waals surface area contributed by atoms with E-state index < -0.39 is 0 Å². The van der Waals surface area contributed by atoms with Crippen LogP contribution in [0.5, 0.6) is 0 Å². The van der Waals surface area contributed by atoms with Gasteiger partial charge in [0.15, 0.2) is 0 Å². The zero-order valence-electron chi connectivity index (χ0n) is 12.8. The van der Waals surface area contributed by atoms with Gasteiger partial charge < -0.3 is 10.6 Å². The second-order valence-electron chi connectivity index (χ2n) is 5.91. The van der Waals surface area contributed by atoms with Crippen LogP contribution in [0.4, 0.5) is 0 Å². The van der Waals surface area contributed by atoms with Crippen LogP contribution in [0.15, 0.2) is 42.7 Å². The molecule has 1 aromatic heterocycles. The SMILES string of the molecule is CC(NC(=O)CNCC1CC1)c1cccc(-n2cccn2)c1. The summed E-state index contributed by atoms with van der Waals surface area (Å²) in [5.41, 5.74) is 2.07. The van der Waals surface area contributed by atoms with Crippen LogP contribution in [-0.2, 0) is 4.79 Å². The lowest BCUT2D eigenvalue weighted by Crippen LogP contribution is -2.36. The lowest BCUT2D eigenvalue weighted by Gasteiger charge is -2.15. The van der Waals surface area contributed by atoms with E-state index in [9.17, 15) is 4.79 Å². The maximum Gasteiger partial charge on any atom is 0.234 e. The third-order valence-electron chi connectivity index (χ3n) is 3.93. The van der Waals surface area contributed by atoms with Gasteiger partial charge in [-0.1, -0.05) is 12.1 Å². The second kappa shape index (κ2) is 6.75. The van der Waals surface area contributed by atoms with Gasteiger partial charge in [-0.25, -0.2) is 4.68 Å². The molecule has 3 rings (SSSR count). The number of rotatable bonds is 7. The van der Waals surface area contributed by atoms with E-state index >= 15 is 0 Å². The minimum atomic E-state index is -0.0225. The van der Waals surface area contributed by atoms with E-state index in [1.54, 1.807) is 6.20 Å². The Balaban J connectivity index is 1.55. The van der Waals surface area contributed by atoms with Crippen LogP contribution in [0.1, 0.15) is 31.4 Å². The molecule has 2 aromatic rings. The average Bonchev–Trinajstić information content (AvgIpc) is 3.17. The van der Waals surface area contributed by atoms with E-state index in [-0.39, 0.29) is 11.9 Å². The molecule has 22 heavy (non-hydrogen) atoms. The van der Waals surface area contributed by atoms with Crippen molar-refractivity contribution in [3.63, 3.8) is 0 Å². The van der Waals surface area contributed by atoms with Crippen LogP contribution in [0.3, 0.4) is 0 Å². The van der Waals surface area contributed by atoms with E-state index in [0.717, 1.165) is 23.7 Å². The summed E-state index contributed by atoms with van der Waals surface area (Å²) in [5.74, 6) is 0.827. The van der Waals surface area contributed by atoms with Gasteiger partial charge in [-0.05, 0) is 56.0 Å². The molecule has 1 aliphatic rings. The van der Waals surface area contributed by atoms with Crippen molar-refractivity contribution < 1.29 is 4.79 Å². The first kappa shape index (κ1) is 14.8. The number of benzene rings is 1. The smallest absolute Gasteiger partial charge is 0.234 e. The molecule has 0 saturated heterocycles. The Morgan fingerprint density at radius 3 is 3.00 bits per heavy atom. The van der Waals surface area contributed by atoms with Crippen molar-refractivity contribution in [2.75, 3.05) is 13.1 Å². The number of carbonyl (C=O) groups is 1. The maximum atomic E-state index is 12.0. The lowest BCUT2D eigenvalue weighted by atomic mass is 10.1. The van der Waals surface area contributed by atoms with Gasteiger partial charge >= 0.3 is 0 Å². The standard InChI is InChI=1S/C17H22N4O/c1-13(20-17(22)12-18-11-14-6-7-14)15-4-2-5-16(10-15)21-9-3-8-19-21/h2-5,8-10,13-14,18H,6-7,11-12H2,1H3,(H,20,22). The Morgan fingerprint density at radius 1 is 1.41 bits per heavy atom. The molecule has 5 heteroatoms. The zero-order chi connectivity index (χ0) is 15.4. The Morgan fingerprint density at radius 2 is 2.27 bits per heavy atom. The number of amides is 1. The summed E-state index contributed by atoms with van der Waals surface area (Å²) in [6.45, 7) is 3.34. The Labute approximate surface area is 130 Å². The molecule has 116 valence electrons. The van der Waals surface area contributed by atoms with Gasteiger partial charge in [0.25, 0.3) is 0 Å². The van der Waals surface area contributed by atoms with E-state index in [1.165, 1.54) is 12.8 Å². The van der Waals surface area contributed by atoms with Crippen molar-refractivity contribution in [2.45, 2.75) is 25.8 Å². The number of aromatic nitrogens is 2. The molecule has 0 aliphatic heterocycles. The van der Waals surface area contributed by atoms with Gasteiger partial charge in [-0.2, -0.15) is 5.10 Å². The Bertz CT molecular complexity index is 619. The highest BCUT2D eigenvalue weighted by molar-refractivity contribution is 5.78. The third-order valence-corrected chi connectivity index (χ3v) is 3.93. The Hall–Kier alpha value is -2.14. The van der Waals surface area contributed by atoms with Crippen LogP contribution < -0.4 is 10.6 Å². The predicted molar refractivity (Wildman–Crippen MR) is 85.7 cm³/mol. The first-order valence-electron chi connectivity index (χ1n) is 7.82. The minimum Gasteiger partial charge on any atom is -0.348 e. The van der Waals surface area contributed by atoms with Crippen molar-refractivity contribution in [3.05, 3.63) is 48.3 Å². The summed E-state index contributed by atoms with van der Waals surface area (Å²) in [6, 6.07) is 9.93. The van der Waals surface area contributed by atoms with Crippen LogP contribution in [0.25, 0.3) is 5.69 Å². The minimum absolute atomic E-state index is 0.0225. The van der Waals surface area contributed by atoms with Crippen LogP contribution >= 0.6 is 0 Å². The molecular weight excluding hydrogens is 276 g/mol. The third kappa shape index (κ3) is 3.95. The first-order chi connectivity index (χ1) is 10.7. The fourth-order valence-electron chi connectivity index (χ4n) is 2.45. The molecule has 1 aromatic carbocycles. The van der Waals surface area contributed by atoms with Gasteiger partial charge in [0, 0.05) is 12.4 Å². The highest BCUT2D eigenvalue weighted by Gasteiger charge is 2.20. The van der Waals surface area contributed by atoms with Crippen molar-refractivity contribution in [1.29, 1.82) is 0 Å². The van der Waals surface area contributed by atoms with Crippen LogP contribution in [-0.4, -0.2) is 28.8 Å². The fraction of sp³-hybridized carbons (Fsp3) is 0.412. The largest absolute Gasteiger partial charge is 0.348 e. The number of nitrogens with zero attached hydrogens (tertiary/aromatic N) is 2. The van der Waals surface area contributed by atoms with E-state index in [4.69, 9.17) is 0 Å². The normalized spacial score (nSPS) is 15.5. The topological polar surface area (TPSA) is 59.0 Å². The van der Waals surface area contributed by atoms with E-state index in [1.807, 2.05) is 42.1 Å². The van der Waals surface area contributed by atoms with Crippen molar-refractivity contribution in [2.24, 2.45) is 5.92 Å². The number of carbonyl (C=O) groups excluding carboxylic acids is 1. The highest BCUT2D eigenvalue weighted by atomic mass is 16.1. The first-order valence-corrected chi connectivity index (χ1v) is 7.82. The molecule has 1 amide bonds. The van der Waals surface area contributed by atoms with Gasteiger partial charge in [0.05, 0.1) is 18.3 Å². The van der Waals surface area contributed by atoms with E-state index in [2.05, 4.69) is 21.8 Å². The fourth-order valence-corrected chi connectivity index (χ4v) is 2.45. The quantitative estimate of drug-likeness (QED) is 0.822. The molecule has 1 fully saturated rings. The molecular formula is C17H22N4O. The summed E-state index contributed by atoms with van der Waals surface area (Å²) in [7, 11) is 0. The summed E-state index contributed by atoms with van der Waals surface area (Å²) < 4.78 is 1.81. The molecule has 1 heterocycles. The van der Waals surface area contributed by atoms with Crippen molar-refractivity contribution in [3.8, 4) is 5.69 Å². The second-order valence-corrected chi connectivity index (χ2v) is 5.91. The summed E-state index contributed by atoms with van der Waals surface area (Å²) >= 11 is 0. The van der Waals surface area contributed by atoms with Gasteiger partial charge in [0.2, 0.25) is 5.91 Å². The summed E-state index contributed by atoms with van der Waals surface area (Å²) in [6.07, 6.45) is 6.25.